The number of para-hydroxylation sites is 2. The number of morpholine rings is 1. The lowest BCUT2D eigenvalue weighted by atomic mass is 9.85. The standard InChI is InChI=1S/C28H35F2N7O3/c1-2-20-17-36(28(38)40-20)19-9-7-18(8-10-19)16-31-27-33-23(35-11-13-39-14-12-35)15-24(34-27)37-22-6-4-3-5-21(22)32-26(37)25(29)30/h3-6,15,18-20,25H,2,7-14,16-17H2,1H3,(H,31,33,34)/t18-,19-,20?. The summed E-state index contributed by atoms with van der Waals surface area (Å²) in [6, 6.07) is 9.05. The number of nitrogens with one attached hydrogen (secondary N) is 1. The van der Waals surface area contributed by atoms with Crippen molar-refractivity contribution in [2.75, 3.05) is 49.6 Å². The molecule has 1 N–H and O–H groups in total. The Hall–Kier alpha value is -3.54. The number of cyclic esters (lactones) is 1. The number of hydrogen-bond acceptors (Lipinski definition) is 8. The van der Waals surface area contributed by atoms with Crippen molar-refractivity contribution in [1.82, 2.24) is 24.4 Å². The van der Waals surface area contributed by atoms with Gasteiger partial charge in [0.1, 0.15) is 17.7 Å². The van der Waals surface area contributed by atoms with Crippen LogP contribution in [-0.4, -0.2) is 82.1 Å². The minimum Gasteiger partial charge on any atom is -0.444 e. The highest BCUT2D eigenvalue weighted by Gasteiger charge is 2.37. The van der Waals surface area contributed by atoms with E-state index in [9.17, 15) is 13.6 Å². The summed E-state index contributed by atoms with van der Waals surface area (Å²) in [6.45, 7) is 5.84. The van der Waals surface area contributed by atoms with E-state index >= 15 is 0 Å². The maximum atomic E-state index is 14.1. The highest BCUT2D eigenvalue weighted by molar-refractivity contribution is 5.78. The molecule has 3 aliphatic rings. The number of ether oxygens (including phenoxy) is 2. The van der Waals surface area contributed by atoms with Crippen molar-refractivity contribution >= 4 is 28.9 Å². The Kier molecular flexibility index (Phi) is 7.68. The summed E-state index contributed by atoms with van der Waals surface area (Å²) < 4.78 is 40.6. The molecule has 1 aliphatic carbocycles. The number of imidazole rings is 1. The summed E-state index contributed by atoms with van der Waals surface area (Å²) in [5.41, 5.74) is 1.06. The maximum absolute atomic E-state index is 14.1. The molecule has 1 unspecified atom stereocenters. The fourth-order valence-electron chi connectivity index (χ4n) is 5.95. The molecule has 0 bridgehead atoms. The van der Waals surface area contributed by atoms with Gasteiger partial charge in [-0.15, -0.1) is 0 Å². The third kappa shape index (κ3) is 5.41. The number of carbonyl (C=O) groups is 1. The molecule has 2 aliphatic heterocycles. The van der Waals surface area contributed by atoms with Gasteiger partial charge in [-0.25, -0.2) is 18.6 Å². The Morgan fingerprint density at radius 3 is 2.52 bits per heavy atom. The molecule has 0 radical (unpaired) electrons. The van der Waals surface area contributed by atoms with Gasteiger partial charge in [0.05, 0.1) is 30.8 Å². The normalized spacial score (nSPS) is 23.7. The van der Waals surface area contributed by atoms with Gasteiger partial charge in [-0.1, -0.05) is 19.1 Å². The number of fused-ring (bicyclic) bond motifs is 1. The van der Waals surface area contributed by atoms with Crippen molar-refractivity contribution in [3.05, 3.63) is 36.2 Å². The third-order valence-electron chi connectivity index (χ3n) is 8.21. The van der Waals surface area contributed by atoms with Crippen molar-refractivity contribution < 1.29 is 23.0 Å². The maximum Gasteiger partial charge on any atom is 0.410 e. The molecule has 2 aromatic heterocycles. The van der Waals surface area contributed by atoms with Crippen LogP contribution in [0, 0.1) is 5.92 Å². The molecule has 10 nitrogen and oxygen atoms in total. The molecular formula is C28H35F2N7O3. The fraction of sp³-hybridized carbons (Fsp3) is 0.571. The van der Waals surface area contributed by atoms with Crippen LogP contribution in [-0.2, 0) is 9.47 Å². The molecule has 1 atom stereocenters. The number of amides is 1. The molecule has 6 rings (SSSR count). The second-order valence-electron chi connectivity index (χ2n) is 10.7. The lowest BCUT2D eigenvalue weighted by Gasteiger charge is -2.33. The Morgan fingerprint density at radius 2 is 1.80 bits per heavy atom. The summed E-state index contributed by atoms with van der Waals surface area (Å²) in [4.78, 5) is 29.9. The van der Waals surface area contributed by atoms with Crippen LogP contribution in [0.4, 0.5) is 25.3 Å². The molecular weight excluding hydrogens is 520 g/mol. The number of rotatable bonds is 8. The van der Waals surface area contributed by atoms with E-state index in [1.165, 1.54) is 4.57 Å². The molecule has 1 saturated carbocycles. The van der Waals surface area contributed by atoms with E-state index in [0.29, 0.717) is 73.9 Å². The number of hydrogen-bond donors (Lipinski definition) is 1. The van der Waals surface area contributed by atoms with E-state index < -0.39 is 6.43 Å². The van der Waals surface area contributed by atoms with Crippen LogP contribution in [0.5, 0.6) is 0 Å². The number of carbonyl (C=O) groups excluding carboxylic acids is 1. The van der Waals surface area contributed by atoms with Crippen molar-refractivity contribution in [1.29, 1.82) is 0 Å². The molecule has 0 spiro atoms. The number of halogens is 2. The zero-order valence-electron chi connectivity index (χ0n) is 22.6. The molecule has 12 heteroatoms. The second-order valence-corrected chi connectivity index (χ2v) is 10.7. The lowest BCUT2D eigenvalue weighted by molar-refractivity contribution is 0.120. The smallest absolute Gasteiger partial charge is 0.410 e. The summed E-state index contributed by atoms with van der Waals surface area (Å²) in [5, 5.41) is 3.40. The van der Waals surface area contributed by atoms with E-state index in [4.69, 9.17) is 19.4 Å². The van der Waals surface area contributed by atoms with Crippen LogP contribution < -0.4 is 10.2 Å². The first-order valence-electron chi connectivity index (χ1n) is 14.2. The molecule has 1 aromatic carbocycles. The fourth-order valence-corrected chi connectivity index (χ4v) is 5.95. The van der Waals surface area contributed by atoms with Crippen LogP contribution >= 0.6 is 0 Å². The van der Waals surface area contributed by atoms with Crippen LogP contribution in [0.25, 0.3) is 16.9 Å². The third-order valence-corrected chi connectivity index (χ3v) is 8.21. The SMILES string of the molecule is CCC1CN([C@H]2CC[C@H](CNc3nc(N4CCOCC4)cc(-n4c(C(F)F)nc5ccccc54)n3)CC2)C(=O)O1. The van der Waals surface area contributed by atoms with Crippen LogP contribution in [0.15, 0.2) is 30.3 Å². The van der Waals surface area contributed by atoms with E-state index in [0.717, 1.165) is 32.1 Å². The molecule has 1 amide bonds. The lowest BCUT2D eigenvalue weighted by Crippen LogP contribution is -2.40. The highest BCUT2D eigenvalue weighted by atomic mass is 19.3. The molecule has 3 aromatic rings. The van der Waals surface area contributed by atoms with E-state index in [1.807, 2.05) is 11.8 Å². The predicted octanol–water partition coefficient (Wildman–Crippen LogP) is 4.79. The number of anilines is 2. The largest absolute Gasteiger partial charge is 0.444 e. The zero-order valence-corrected chi connectivity index (χ0v) is 22.6. The van der Waals surface area contributed by atoms with Gasteiger partial charge in [0, 0.05) is 31.7 Å². The average molecular weight is 556 g/mol. The van der Waals surface area contributed by atoms with Gasteiger partial charge in [-0.2, -0.15) is 9.97 Å². The van der Waals surface area contributed by atoms with E-state index in [-0.39, 0.29) is 24.1 Å². The number of aromatic nitrogens is 4. The Balaban J connectivity index is 1.21. The van der Waals surface area contributed by atoms with Gasteiger partial charge in [0.2, 0.25) is 5.95 Å². The topological polar surface area (TPSA) is 97.6 Å². The summed E-state index contributed by atoms with van der Waals surface area (Å²) in [7, 11) is 0. The molecule has 4 heterocycles. The Labute approximate surface area is 231 Å². The number of nitrogens with zero attached hydrogens (tertiary/aromatic N) is 6. The molecule has 40 heavy (non-hydrogen) atoms. The number of alkyl halides is 2. The van der Waals surface area contributed by atoms with Gasteiger partial charge < -0.3 is 24.6 Å². The van der Waals surface area contributed by atoms with Crippen molar-refractivity contribution in [3.63, 3.8) is 0 Å². The van der Waals surface area contributed by atoms with Gasteiger partial charge in [-0.3, -0.25) is 4.57 Å². The predicted molar refractivity (Wildman–Crippen MR) is 146 cm³/mol. The highest BCUT2D eigenvalue weighted by Crippen LogP contribution is 2.32. The van der Waals surface area contributed by atoms with Crippen molar-refractivity contribution in [2.45, 2.75) is 57.6 Å². The first-order valence-corrected chi connectivity index (χ1v) is 14.2. The van der Waals surface area contributed by atoms with Gasteiger partial charge in [-0.05, 0) is 50.2 Å². The minimum atomic E-state index is -2.76. The average Bonchev–Trinajstić information content (AvgIpc) is 3.57. The van der Waals surface area contributed by atoms with Crippen molar-refractivity contribution in [3.8, 4) is 5.82 Å². The molecule has 3 fully saturated rings. The van der Waals surface area contributed by atoms with E-state index in [1.54, 1.807) is 30.3 Å². The second kappa shape index (κ2) is 11.5. The number of benzene rings is 1. The van der Waals surface area contributed by atoms with Crippen LogP contribution in [0.1, 0.15) is 51.3 Å². The van der Waals surface area contributed by atoms with Gasteiger partial charge in [0.25, 0.3) is 6.43 Å². The van der Waals surface area contributed by atoms with Gasteiger partial charge in [0.15, 0.2) is 5.82 Å². The minimum absolute atomic E-state index is 0.00446. The Bertz CT molecular complexity index is 1340. The van der Waals surface area contributed by atoms with Gasteiger partial charge >= 0.3 is 6.09 Å². The van der Waals surface area contributed by atoms with Crippen molar-refractivity contribution in [2.24, 2.45) is 5.92 Å². The summed E-state index contributed by atoms with van der Waals surface area (Å²) in [6.07, 6.45) is 1.67. The molecule has 2 saturated heterocycles. The molecule has 214 valence electrons. The Morgan fingerprint density at radius 1 is 1.05 bits per heavy atom. The summed E-state index contributed by atoms with van der Waals surface area (Å²) >= 11 is 0. The quantitative estimate of drug-likeness (QED) is 0.424. The first kappa shape index (κ1) is 26.7. The van der Waals surface area contributed by atoms with Crippen LogP contribution in [0.3, 0.4) is 0 Å². The first-order chi connectivity index (χ1) is 19.5. The van der Waals surface area contributed by atoms with E-state index in [2.05, 4.69) is 15.2 Å². The summed E-state index contributed by atoms with van der Waals surface area (Å²) in [5.74, 6) is 1.46. The monoisotopic (exact) mass is 555 g/mol. The van der Waals surface area contributed by atoms with Crippen LogP contribution in [0.2, 0.25) is 0 Å². The zero-order chi connectivity index (χ0) is 27.6.